The molecule has 1 aromatic carbocycles. The van der Waals surface area contributed by atoms with Crippen LogP contribution in [0, 0.1) is 3.57 Å². The molecule has 0 radical (unpaired) electrons. The van der Waals surface area contributed by atoms with Crippen LogP contribution in [0.1, 0.15) is 44.0 Å². The molecule has 2 amide bonds. The molecule has 0 bridgehead atoms. The number of nitrogens with two attached hydrogens (primary N) is 1. The number of thiocarbonyl (C=S) groups is 1. The smallest absolute Gasteiger partial charge is 0.257 e. The second-order valence-electron chi connectivity index (χ2n) is 6.04. The molecule has 6 nitrogen and oxygen atoms in total. The molecule has 0 aliphatic heterocycles. The third kappa shape index (κ3) is 4.41. The SMILES string of the molecule is COc1ccc(C(=O)NC(=S)Nc2sc3c(c2C(N)=O)CCCC3)cc1I. The van der Waals surface area contributed by atoms with E-state index in [0.717, 1.165) is 39.7 Å². The first-order chi connectivity index (χ1) is 12.9. The highest BCUT2D eigenvalue weighted by Gasteiger charge is 2.24. The summed E-state index contributed by atoms with van der Waals surface area (Å²) < 4.78 is 6.02. The van der Waals surface area contributed by atoms with E-state index in [1.54, 1.807) is 25.3 Å². The number of benzene rings is 1. The van der Waals surface area contributed by atoms with Gasteiger partial charge in [0, 0.05) is 10.4 Å². The van der Waals surface area contributed by atoms with Crippen LogP contribution in [0.2, 0.25) is 0 Å². The third-order valence-electron chi connectivity index (χ3n) is 4.29. The van der Waals surface area contributed by atoms with Gasteiger partial charge >= 0.3 is 0 Å². The number of methoxy groups -OCH3 is 1. The van der Waals surface area contributed by atoms with Crippen molar-refractivity contribution in [1.29, 1.82) is 0 Å². The molecule has 1 heterocycles. The number of hydrogen-bond donors (Lipinski definition) is 3. The molecule has 9 heteroatoms. The highest BCUT2D eigenvalue weighted by atomic mass is 127. The highest BCUT2D eigenvalue weighted by molar-refractivity contribution is 14.1. The fourth-order valence-corrected chi connectivity index (χ4v) is 5.33. The number of aryl methyl sites for hydroxylation is 1. The predicted molar refractivity (Wildman–Crippen MR) is 119 cm³/mol. The summed E-state index contributed by atoms with van der Waals surface area (Å²) in [6.07, 6.45) is 3.92. The van der Waals surface area contributed by atoms with Gasteiger partial charge < -0.3 is 15.8 Å². The van der Waals surface area contributed by atoms with Crippen LogP contribution in [0.15, 0.2) is 18.2 Å². The van der Waals surface area contributed by atoms with Crippen LogP contribution >= 0.6 is 46.1 Å². The molecule has 1 aliphatic rings. The minimum atomic E-state index is -0.476. The van der Waals surface area contributed by atoms with E-state index in [1.165, 1.54) is 11.3 Å². The number of carbonyl (C=O) groups is 2. The van der Waals surface area contributed by atoms with Gasteiger partial charge in [0.15, 0.2) is 5.11 Å². The van der Waals surface area contributed by atoms with E-state index in [9.17, 15) is 9.59 Å². The van der Waals surface area contributed by atoms with Gasteiger partial charge in [-0.3, -0.25) is 14.9 Å². The van der Waals surface area contributed by atoms with Crippen molar-refractivity contribution in [3.05, 3.63) is 43.3 Å². The first-order valence-electron chi connectivity index (χ1n) is 8.31. The Bertz CT molecular complexity index is 927. The molecule has 142 valence electrons. The van der Waals surface area contributed by atoms with Crippen LogP contribution in [0.4, 0.5) is 5.00 Å². The maximum Gasteiger partial charge on any atom is 0.257 e. The van der Waals surface area contributed by atoms with Crippen LogP contribution in [0.25, 0.3) is 0 Å². The molecule has 0 atom stereocenters. The Kier molecular flexibility index (Phi) is 6.33. The number of primary amides is 1. The van der Waals surface area contributed by atoms with Gasteiger partial charge in [-0.25, -0.2) is 0 Å². The van der Waals surface area contributed by atoms with E-state index in [1.807, 2.05) is 0 Å². The molecule has 2 aromatic rings. The first kappa shape index (κ1) is 20.0. The second-order valence-corrected chi connectivity index (χ2v) is 8.71. The van der Waals surface area contributed by atoms with Crippen LogP contribution < -0.4 is 21.1 Å². The lowest BCUT2D eigenvalue weighted by molar-refractivity contribution is 0.0975. The van der Waals surface area contributed by atoms with Crippen LogP contribution in [-0.2, 0) is 12.8 Å². The van der Waals surface area contributed by atoms with E-state index in [-0.39, 0.29) is 11.0 Å². The summed E-state index contributed by atoms with van der Waals surface area (Å²) in [7, 11) is 1.58. The maximum atomic E-state index is 12.4. The summed E-state index contributed by atoms with van der Waals surface area (Å²) >= 11 is 8.85. The van der Waals surface area contributed by atoms with Gasteiger partial charge in [0.2, 0.25) is 0 Å². The Morgan fingerprint density at radius 3 is 2.70 bits per heavy atom. The van der Waals surface area contributed by atoms with Crippen molar-refractivity contribution in [1.82, 2.24) is 5.32 Å². The van der Waals surface area contributed by atoms with Gasteiger partial charge in [-0.2, -0.15) is 0 Å². The lowest BCUT2D eigenvalue weighted by Gasteiger charge is -2.12. The molecule has 1 aromatic heterocycles. The average Bonchev–Trinajstić information content (AvgIpc) is 2.99. The van der Waals surface area contributed by atoms with Crippen molar-refractivity contribution < 1.29 is 14.3 Å². The number of nitrogens with one attached hydrogen (secondary N) is 2. The summed E-state index contributed by atoms with van der Waals surface area (Å²) in [6.45, 7) is 0. The van der Waals surface area contributed by atoms with Crippen LogP contribution in [0.5, 0.6) is 5.75 Å². The third-order valence-corrected chi connectivity index (χ3v) is 6.54. The van der Waals surface area contributed by atoms with Crippen molar-refractivity contribution in [3.63, 3.8) is 0 Å². The standard InChI is InChI=1S/C18H18IN3O3S2/c1-25-12-7-6-9(8-11(12)19)16(24)21-18(26)22-17-14(15(20)23)10-4-2-3-5-13(10)27-17/h6-8H,2-5H2,1H3,(H2,20,23)(H2,21,22,24,26). The minimum absolute atomic E-state index is 0.131. The lowest BCUT2D eigenvalue weighted by atomic mass is 9.95. The van der Waals surface area contributed by atoms with Crippen molar-refractivity contribution in [2.24, 2.45) is 5.73 Å². The van der Waals surface area contributed by atoms with E-state index < -0.39 is 5.91 Å². The first-order valence-corrected chi connectivity index (χ1v) is 10.6. The van der Waals surface area contributed by atoms with Gasteiger partial charge in [-0.05, 0) is 84.3 Å². The Balaban J connectivity index is 1.74. The van der Waals surface area contributed by atoms with Crippen molar-refractivity contribution in [2.45, 2.75) is 25.7 Å². The second kappa shape index (κ2) is 8.53. The summed E-state index contributed by atoms with van der Waals surface area (Å²) in [5.41, 5.74) is 7.55. The van der Waals surface area contributed by atoms with Gasteiger partial charge in [0.25, 0.3) is 11.8 Å². The van der Waals surface area contributed by atoms with E-state index in [4.69, 9.17) is 22.7 Å². The molecule has 0 fully saturated rings. The molecular formula is C18H18IN3O3S2. The predicted octanol–water partition coefficient (Wildman–Crippen LogP) is 3.47. The van der Waals surface area contributed by atoms with Crippen molar-refractivity contribution >= 4 is 68.1 Å². The fourth-order valence-electron chi connectivity index (χ4n) is 3.03. The van der Waals surface area contributed by atoms with Gasteiger partial charge in [0.1, 0.15) is 10.8 Å². The number of anilines is 1. The Morgan fingerprint density at radius 1 is 1.30 bits per heavy atom. The zero-order valence-electron chi connectivity index (χ0n) is 14.6. The zero-order chi connectivity index (χ0) is 19.6. The number of ether oxygens (including phenoxy) is 1. The molecule has 0 unspecified atom stereocenters. The molecule has 3 rings (SSSR count). The number of hydrogen-bond acceptors (Lipinski definition) is 5. The molecule has 4 N–H and O–H groups in total. The summed E-state index contributed by atoms with van der Waals surface area (Å²) in [5.74, 6) is -0.117. The molecular weight excluding hydrogens is 497 g/mol. The normalized spacial score (nSPS) is 12.8. The molecule has 0 spiro atoms. The van der Waals surface area contributed by atoms with Crippen molar-refractivity contribution in [3.8, 4) is 5.75 Å². The fraction of sp³-hybridized carbons (Fsp3) is 0.278. The lowest BCUT2D eigenvalue weighted by Crippen LogP contribution is -2.34. The quantitative estimate of drug-likeness (QED) is 0.429. The minimum Gasteiger partial charge on any atom is -0.496 e. The number of fused-ring (bicyclic) bond motifs is 1. The van der Waals surface area contributed by atoms with Crippen molar-refractivity contribution in [2.75, 3.05) is 12.4 Å². The summed E-state index contributed by atoms with van der Waals surface area (Å²) in [4.78, 5) is 25.5. The Labute approximate surface area is 180 Å². The van der Waals surface area contributed by atoms with E-state index in [2.05, 4.69) is 33.2 Å². The number of rotatable bonds is 4. The van der Waals surface area contributed by atoms with Gasteiger partial charge in [0.05, 0.1) is 16.2 Å². The molecule has 1 aliphatic carbocycles. The summed E-state index contributed by atoms with van der Waals surface area (Å²) in [5, 5.41) is 6.36. The monoisotopic (exact) mass is 515 g/mol. The van der Waals surface area contributed by atoms with Crippen LogP contribution in [-0.4, -0.2) is 24.0 Å². The topological polar surface area (TPSA) is 93.4 Å². The highest BCUT2D eigenvalue weighted by Crippen LogP contribution is 2.37. The Morgan fingerprint density at radius 2 is 2.04 bits per heavy atom. The Hall–Kier alpha value is -1.72. The number of halogens is 1. The molecule has 0 saturated carbocycles. The van der Waals surface area contributed by atoms with E-state index >= 15 is 0 Å². The van der Waals surface area contributed by atoms with E-state index in [0.29, 0.717) is 21.9 Å². The molecule has 27 heavy (non-hydrogen) atoms. The number of thiophene rings is 1. The largest absolute Gasteiger partial charge is 0.496 e. The average molecular weight is 515 g/mol. The molecule has 0 saturated heterocycles. The van der Waals surface area contributed by atoms with Gasteiger partial charge in [-0.15, -0.1) is 11.3 Å². The number of carbonyl (C=O) groups excluding carboxylic acids is 2. The summed E-state index contributed by atoms with van der Waals surface area (Å²) in [6, 6.07) is 5.11. The maximum absolute atomic E-state index is 12.4. The number of amides is 2. The van der Waals surface area contributed by atoms with Crippen LogP contribution in [0.3, 0.4) is 0 Å². The zero-order valence-corrected chi connectivity index (χ0v) is 18.3. The van der Waals surface area contributed by atoms with Gasteiger partial charge in [-0.1, -0.05) is 0 Å².